The van der Waals surface area contributed by atoms with E-state index in [4.69, 9.17) is 37.0 Å². The molecule has 0 aliphatic rings. The van der Waals surface area contributed by atoms with Crippen molar-refractivity contribution >= 4 is 39.5 Å². The predicted octanol–water partition coefficient (Wildman–Crippen LogP) is 24.5. The van der Waals surface area contributed by atoms with Crippen molar-refractivity contribution in [3.05, 3.63) is 0 Å². The van der Waals surface area contributed by atoms with Crippen molar-refractivity contribution < 1.29 is 80.2 Å². The summed E-state index contributed by atoms with van der Waals surface area (Å²) in [4.78, 5) is 73.1. The minimum Gasteiger partial charge on any atom is -0.462 e. The van der Waals surface area contributed by atoms with Gasteiger partial charge in [-0.05, 0) is 43.4 Å². The summed E-state index contributed by atoms with van der Waals surface area (Å²) in [7, 11) is -9.92. The van der Waals surface area contributed by atoms with Gasteiger partial charge in [0.05, 0.1) is 26.4 Å². The van der Waals surface area contributed by atoms with Crippen LogP contribution >= 0.6 is 15.6 Å². The van der Waals surface area contributed by atoms with Crippen LogP contribution in [0.15, 0.2) is 0 Å². The summed E-state index contributed by atoms with van der Waals surface area (Å²) in [6.07, 6.45) is 61.0. The van der Waals surface area contributed by atoms with Crippen molar-refractivity contribution in [2.24, 2.45) is 17.8 Å². The van der Waals surface area contributed by atoms with Gasteiger partial charge < -0.3 is 33.8 Å². The first-order valence-corrected chi connectivity index (χ1v) is 45.4. The molecule has 3 N–H and O–H groups in total. The summed E-state index contributed by atoms with van der Waals surface area (Å²) in [5.41, 5.74) is 0. The zero-order valence-corrected chi connectivity index (χ0v) is 68.2. The Balaban J connectivity index is 5.23. The van der Waals surface area contributed by atoms with E-state index in [1.165, 1.54) is 231 Å². The number of carbonyl (C=O) groups is 4. The molecule has 19 heteroatoms. The van der Waals surface area contributed by atoms with Gasteiger partial charge in [-0.25, -0.2) is 9.13 Å². The van der Waals surface area contributed by atoms with Crippen LogP contribution in [0.2, 0.25) is 0 Å². The highest BCUT2D eigenvalue weighted by Crippen LogP contribution is 2.45. The van der Waals surface area contributed by atoms with Crippen molar-refractivity contribution in [1.29, 1.82) is 0 Å². The minimum atomic E-state index is -4.96. The number of aliphatic hydroxyl groups is 1. The SMILES string of the molecule is CCCCCCCCCCCCCCCCCCC(=O)OC[C@H](COP(=O)(O)OC[C@@H](O)COP(=O)(O)OC[C@@H](COC(=O)CCCCCCCCC(C)CC)OC(=O)CCCCCCCCCCCCC(C)CC)OC(=O)CCCCCCCCCCCCCCCCCCCCC(C)C. The molecule has 0 aliphatic carbocycles. The number of hydrogen-bond donors (Lipinski definition) is 3. The molecule has 17 nitrogen and oxygen atoms in total. The van der Waals surface area contributed by atoms with Crippen LogP contribution in [0.25, 0.3) is 0 Å². The number of carbonyl (C=O) groups excluding carboxylic acids is 4. The summed E-state index contributed by atoms with van der Waals surface area (Å²) in [6, 6.07) is 0. The van der Waals surface area contributed by atoms with Crippen LogP contribution in [-0.2, 0) is 65.4 Å². The molecule has 0 aromatic carbocycles. The third-order valence-corrected chi connectivity index (χ3v) is 21.8. The molecule has 600 valence electrons. The van der Waals surface area contributed by atoms with Gasteiger partial charge in [0.1, 0.15) is 19.3 Å². The molecule has 0 heterocycles. The highest BCUT2D eigenvalue weighted by atomic mass is 31.2. The van der Waals surface area contributed by atoms with Gasteiger partial charge in [-0.15, -0.1) is 0 Å². The number of esters is 4. The molecule has 0 saturated carbocycles. The van der Waals surface area contributed by atoms with Crippen molar-refractivity contribution in [2.75, 3.05) is 39.6 Å². The van der Waals surface area contributed by atoms with Gasteiger partial charge in [0, 0.05) is 25.7 Å². The van der Waals surface area contributed by atoms with Crippen LogP contribution < -0.4 is 0 Å². The fourth-order valence-electron chi connectivity index (χ4n) is 12.6. The van der Waals surface area contributed by atoms with Crippen LogP contribution in [0, 0.1) is 17.8 Å². The summed E-state index contributed by atoms with van der Waals surface area (Å²) >= 11 is 0. The summed E-state index contributed by atoms with van der Waals surface area (Å²) in [5, 5.41) is 10.6. The molecule has 7 atom stereocenters. The number of phosphoric ester groups is 2. The predicted molar refractivity (Wildman–Crippen MR) is 414 cm³/mol. The summed E-state index contributed by atoms with van der Waals surface area (Å²) in [6.45, 7) is 12.0. The Morgan fingerprint density at radius 3 is 0.752 bits per heavy atom. The van der Waals surface area contributed by atoms with Gasteiger partial charge in [0.15, 0.2) is 12.2 Å². The molecule has 0 spiro atoms. The molecule has 0 fully saturated rings. The average Bonchev–Trinajstić information content (AvgIpc) is 1.30. The van der Waals surface area contributed by atoms with E-state index in [1.807, 2.05) is 0 Å². The third kappa shape index (κ3) is 73.4. The van der Waals surface area contributed by atoms with E-state index in [9.17, 15) is 43.2 Å². The Bertz CT molecular complexity index is 1960. The molecule has 0 aromatic heterocycles. The molecule has 0 bridgehead atoms. The van der Waals surface area contributed by atoms with Crippen molar-refractivity contribution in [2.45, 2.75) is 446 Å². The van der Waals surface area contributed by atoms with Crippen molar-refractivity contribution in [1.82, 2.24) is 0 Å². The fraction of sp³-hybridized carbons (Fsp3) is 0.951. The zero-order chi connectivity index (χ0) is 74.4. The van der Waals surface area contributed by atoms with Crippen LogP contribution in [0.3, 0.4) is 0 Å². The van der Waals surface area contributed by atoms with E-state index in [2.05, 4.69) is 48.5 Å². The zero-order valence-electron chi connectivity index (χ0n) is 66.4. The molecular weight excluding hydrogens is 1320 g/mol. The van der Waals surface area contributed by atoms with Crippen molar-refractivity contribution in [3.8, 4) is 0 Å². The Morgan fingerprint density at radius 1 is 0.287 bits per heavy atom. The maximum absolute atomic E-state index is 13.1. The first kappa shape index (κ1) is 99.1. The average molecular weight is 1480 g/mol. The molecular formula is C82H160O17P2. The van der Waals surface area contributed by atoms with Crippen LogP contribution in [0.4, 0.5) is 0 Å². The maximum atomic E-state index is 13.1. The van der Waals surface area contributed by atoms with Gasteiger partial charge in [-0.3, -0.25) is 37.3 Å². The van der Waals surface area contributed by atoms with E-state index >= 15 is 0 Å². The number of aliphatic hydroxyl groups excluding tert-OH is 1. The van der Waals surface area contributed by atoms with Crippen LogP contribution in [0.1, 0.15) is 427 Å². The van der Waals surface area contributed by atoms with Gasteiger partial charge in [0.25, 0.3) is 0 Å². The molecule has 0 aromatic rings. The third-order valence-electron chi connectivity index (χ3n) is 19.9. The van der Waals surface area contributed by atoms with Gasteiger partial charge in [-0.1, -0.05) is 376 Å². The van der Waals surface area contributed by atoms with E-state index in [-0.39, 0.29) is 25.7 Å². The van der Waals surface area contributed by atoms with Gasteiger partial charge >= 0.3 is 39.5 Å². The Hall–Kier alpha value is -1.94. The second kappa shape index (κ2) is 72.3. The maximum Gasteiger partial charge on any atom is 0.472 e. The molecule has 101 heavy (non-hydrogen) atoms. The Morgan fingerprint density at radius 2 is 0.505 bits per heavy atom. The highest BCUT2D eigenvalue weighted by molar-refractivity contribution is 7.47. The molecule has 4 unspecified atom stereocenters. The smallest absolute Gasteiger partial charge is 0.462 e. The lowest BCUT2D eigenvalue weighted by Gasteiger charge is -2.21. The fourth-order valence-corrected chi connectivity index (χ4v) is 14.2. The largest absolute Gasteiger partial charge is 0.472 e. The number of ether oxygens (including phenoxy) is 4. The molecule has 0 radical (unpaired) electrons. The quantitative estimate of drug-likeness (QED) is 0.0222. The van der Waals surface area contributed by atoms with Gasteiger partial charge in [0.2, 0.25) is 0 Å². The molecule has 0 rings (SSSR count). The number of phosphoric acid groups is 2. The van der Waals surface area contributed by atoms with Gasteiger partial charge in [-0.2, -0.15) is 0 Å². The second-order valence-electron chi connectivity index (χ2n) is 30.5. The van der Waals surface area contributed by atoms with E-state index in [0.29, 0.717) is 25.7 Å². The summed E-state index contributed by atoms with van der Waals surface area (Å²) in [5.74, 6) is 0.243. The lowest BCUT2D eigenvalue weighted by Crippen LogP contribution is -2.30. The first-order chi connectivity index (χ1) is 48.8. The highest BCUT2D eigenvalue weighted by Gasteiger charge is 2.30. The Labute approximate surface area is 619 Å². The Kier molecular flexibility index (Phi) is 70.9. The lowest BCUT2D eigenvalue weighted by molar-refractivity contribution is -0.161. The topological polar surface area (TPSA) is 237 Å². The molecule has 0 amide bonds. The summed E-state index contributed by atoms with van der Waals surface area (Å²) < 4.78 is 68.7. The minimum absolute atomic E-state index is 0.105. The monoisotopic (exact) mass is 1480 g/mol. The van der Waals surface area contributed by atoms with Crippen molar-refractivity contribution in [3.63, 3.8) is 0 Å². The number of rotatable bonds is 80. The second-order valence-corrected chi connectivity index (χ2v) is 33.4. The number of hydrogen-bond acceptors (Lipinski definition) is 15. The van der Waals surface area contributed by atoms with E-state index < -0.39 is 97.5 Å². The van der Waals surface area contributed by atoms with E-state index in [1.54, 1.807) is 0 Å². The number of unbranched alkanes of at least 4 members (excludes halogenated alkanes) is 46. The normalized spacial score (nSPS) is 14.5. The molecule has 0 aliphatic heterocycles. The molecule has 0 saturated heterocycles. The van der Waals surface area contributed by atoms with Crippen LogP contribution in [-0.4, -0.2) is 96.7 Å². The first-order valence-electron chi connectivity index (χ1n) is 42.4. The lowest BCUT2D eigenvalue weighted by atomic mass is 9.99. The standard InChI is InChI=1S/C82H160O17P2/c1-8-11-12-13-14-15-16-17-18-24-27-30-36-41-49-56-63-79(84)92-69-77(98-81(86)65-58-51-42-37-31-28-25-22-20-19-21-23-26-29-34-39-46-53-60-73(4)5)71-96-100(88,89)94-67-76(83)68-95-101(90,91)97-72-78(70-93-80(85)64-57-50-45-44-48-55-62-75(7)10-3)99-82(87)66-59-52-43-38-33-32-35-40-47-54-61-74(6)9-2/h73-78,83H,8-72H2,1-7H3,(H,88,89)(H,90,91)/t74?,75?,76-,77-,78-/m1/s1. The van der Waals surface area contributed by atoms with Crippen LogP contribution in [0.5, 0.6) is 0 Å². The van der Waals surface area contributed by atoms with E-state index in [0.717, 1.165) is 114 Å².